The van der Waals surface area contributed by atoms with Gasteiger partial charge in [0, 0.05) is 11.4 Å². The molecule has 0 aliphatic carbocycles. The fourth-order valence-corrected chi connectivity index (χ4v) is 2.80. The molecule has 2 N–H and O–H groups in total. The quantitative estimate of drug-likeness (QED) is 0.825. The van der Waals surface area contributed by atoms with Crippen molar-refractivity contribution >= 4 is 10.8 Å². The van der Waals surface area contributed by atoms with E-state index >= 15 is 0 Å². The Morgan fingerprint density at radius 1 is 1.43 bits per heavy atom. The number of rotatable bonds is 4. The van der Waals surface area contributed by atoms with E-state index in [1.165, 1.54) is 0 Å². The van der Waals surface area contributed by atoms with Crippen molar-refractivity contribution in [1.29, 1.82) is 0 Å². The van der Waals surface area contributed by atoms with E-state index in [-0.39, 0.29) is 5.25 Å². The van der Waals surface area contributed by atoms with Crippen LogP contribution in [0.2, 0.25) is 0 Å². The molecule has 0 saturated carbocycles. The molecule has 1 aromatic rings. The third-order valence-corrected chi connectivity index (χ3v) is 4.35. The van der Waals surface area contributed by atoms with Gasteiger partial charge in [-0.1, -0.05) is 25.1 Å². The van der Waals surface area contributed by atoms with Crippen LogP contribution in [0.25, 0.3) is 0 Å². The maximum absolute atomic E-state index is 12.1. The summed E-state index contributed by atoms with van der Waals surface area (Å²) in [5.74, 6) is 0. The molecule has 0 aliphatic heterocycles. The number of hydrogen-bond donors (Lipinski definition) is 1. The SMILES string of the molecule is CCC(CN)S(=O)c1ccccc1C. The largest absolute Gasteiger partial charge is 0.329 e. The molecule has 2 atom stereocenters. The van der Waals surface area contributed by atoms with Crippen LogP contribution in [0.1, 0.15) is 18.9 Å². The molecule has 3 heteroatoms. The predicted octanol–water partition coefficient (Wildman–Crippen LogP) is 1.84. The van der Waals surface area contributed by atoms with Crippen LogP contribution in [0.3, 0.4) is 0 Å². The molecule has 1 rings (SSSR count). The second kappa shape index (κ2) is 5.27. The molecule has 0 aliphatic rings. The predicted molar refractivity (Wildman–Crippen MR) is 60.7 cm³/mol. The summed E-state index contributed by atoms with van der Waals surface area (Å²) in [6.07, 6.45) is 0.859. The maximum atomic E-state index is 12.1. The minimum absolute atomic E-state index is 0.0797. The van der Waals surface area contributed by atoms with Crippen LogP contribution in [-0.2, 0) is 10.8 Å². The first-order valence-corrected chi connectivity index (χ1v) is 6.08. The van der Waals surface area contributed by atoms with E-state index in [0.717, 1.165) is 16.9 Å². The van der Waals surface area contributed by atoms with E-state index < -0.39 is 10.8 Å². The molecule has 0 aromatic heterocycles. The lowest BCUT2D eigenvalue weighted by atomic mass is 10.2. The summed E-state index contributed by atoms with van der Waals surface area (Å²) in [6.45, 7) is 4.49. The first-order valence-electron chi connectivity index (χ1n) is 4.87. The van der Waals surface area contributed by atoms with Crippen molar-refractivity contribution < 1.29 is 4.21 Å². The van der Waals surface area contributed by atoms with E-state index in [2.05, 4.69) is 0 Å². The molecule has 78 valence electrons. The summed E-state index contributed by atoms with van der Waals surface area (Å²) in [6, 6.07) is 7.78. The summed E-state index contributed by atoms with van der Waals surface area (Å²) in [5, 5.41) is 0.0797. The highest BCUT2D eigenvalue weighted by Crippen LogP contribution is 2.16. The summed E-state index contributed by atoms with van der Waals surface area (Å²) in [7, 11) is -0.958. The zero-order chi connectivity index (χ0) is 10.6. The van der Waals surface area contributed by atoms with Crippen LogP contribution in [0.4, 0.5) is 0 Å². The van der Waals surface area contributed by atoms with Crippen LogP contribution >= 0.6 is 0 Å². The highest BCUT2D eigenvalue weighted by atomic mass is 32.2. The lowest BCUT2D eigenvalue weighted by molar-refractivity contribution is 0.663. The van der Waals surface area contributed by atoms with Gasteiger partial charge in [-0.25, -0.2) is 0 Å². The first kappa shape index (κ1) is 11.4. The lowest BCUT2D eigenvalue weighted by Gasteiger charge is -2.13. The molecular weight excluding hydrogens is 194 g/mol. The standard InChI is InChI=1S/C11H17NOS/c1-3-10(8-12)14(13)11-7-5-4-6-9(11)2/h4-7,10H,3,8,12H2,1-2H3. The third kappa shape index (κ3) is 2.42. The molecule has 14 heavy (non-hydrogen) atoms. The van der Waals surface area contributed by atoms with Gasteiger partial charge in [0.05, 0.1) is 16.0 Å². The van der Waals surface area contributed by atoms with Gasteiger partial charge in [0.15, 0.2) is 0 Å². The van der Waals surface area contributed by atoms with Gasteiger partial charge in [0.1, 0.15) is 0 Å². The Kier molecular flexibility index (Phi) is 4.29. The molecule has 0 amide bonds. The molecule has 0 radical (unpaired) electrons. The Morgan fingerprint density at radius 3 is 2.57 bits per heavy atom. The summed E-state index contributed by atoms with van der Waals surface area (Å²) >= 11 is 0. The minimum atomic E-state index is -0.958. The number of hydrogen-bond acceptors (Lipinski definition) is 2. The number of nitrogens with two attached hydrogens (primary N) is 1. The van der Waals surface area contributed by atoms with Crippen LogP contribution in [0, 0.1) is 6.92 Å². The van der Waals surface area contributed by atoms with E-state index in [1.54, 1.807) is 0 Å². The number of benzene rings is 1. The van der Waals surface area contributed by atoms with Crippen molar-refractivity contribution in [3.05, 3.63) is 29.8 Å². The fourth-order valence-electron chi connectivity index (χ4n) is 1.37. The topological polar surface area (TPSA) is 43.1 Å². The van der Waals surface area contributed by atoms with Gasteiger partial charge < -0.3 is 5.73 Å². The van der Waals surface area contributed by atoms with Gasteiger partial charge in [-0.3, -0.25) is 4.21 Å². The Labute approximate surface area is 88.0 Å². The summed E-state index contributed by atoms with van der Waals surface area (Å²) in [5.41, 5.74) is 6.66. The van der Waals surface area contributed by atoms with E-state index in [4.69, 9.17) is 5.73 Å². The molecule has 2 nitrogen and oxygen atoms in total. The van der Waals surface area contributed by atoms with E-state index in [9.17, 15) is 4.21 Å². The molecule has 0 bridgehead atoms. The van der Waals surface area contributed by atoms with E-state index in [0.29, 0.717) is 6.54 Å². The molecule has 0 fully saturated rings. The highest BCUT2D eigenvalue weighted by molar-refractivity contribution is 7.85. The average molecular weight is 211 g/mol. The van der Waals surface area contributed by atoms with Gasteiger partial charge in [-0.05, 0) is 25.0 Å². The van der Waals surface area contributed by atoms with Crippen LogP contribution in [-0.4, -0.2) is 16.0 Å². The normalized spacial score (nSPS) is 15.1. The van der Waals surface area contributed by atoms with Crippen LogP contribution in [0.5, 0.6) is 0 Å². The van der Waals surface area contributed by atoms with Gasteiger partial charge in [-0.15, -0.1) is 0 Å². The average Bonchev–Trinajstić information content (AvgIpc) is 2.20. The monoisotopic (exact) mass is 211 g/mol. The lowest BCUT2D eigenvalue weighted by Crippen LogP contribution is -2.24. The second-order valence-corrected chi connectivity index (χ2v) is 5.03. The van der Waals surface area contributed by atoms with Gasteiger partial charge in [-0.2, -0.15) is 0 Å². The Hall–Kier alpha value is -0.670. The van der Waals surface area contributed by atoms with Crippen molar-refractivity contribution in [2.75, 3.05) is 6.54 Å². The van der Waals surface area contributed by atoms with Crippen molar-refractivity contribution in [3.8, 4) is 0 Å². The van der Waals surface area contributed by atoms with Crippen molar-refractivity contribution in [1.82, 2.24) is 0 Å². The third-order valence-electron chi connectivity index (χ3n) is 2.33. The van der Waals surface area contributed by atoms with E-state index in [1.807, 2.05) is 38.1 Å². The smallest absolute Gasteiger partial charge is 0.0576 e. The number of aryl methyl sites for hydroxylation is 1. The highest BCUT2D eigenvalue weighted by Gasteiger charge is 2.15. The molecule has 0 spiro atoms. The molecular formula is C11H17NOS. The second-order valence-electron chi connectivity index (χ2n) is 3.33. The van der Waals surface area contributed by atoms with Gasteiger partial charge >= 0.3 is 0 Å². The van der Waals surface area contributed by atoms with Crippen molar-refractivity contribution in [3.63, 3.8) is 0 Å². The Morgan fingerprint density at radius 2 is 2.07 bits per heavy atom. The van der Waals surface area contributed by atoms with Gasteiger partial charge in [0.25, 0.3) is 0 Å². The van der Waals surface area contributed by atoms with Gasteiger partial charge in [0.2, 0.25) is 0 Å². The van der Waals surface area contributed by atoms with Crippen LogP contribution in [0.15, 0.2) is 29.2 Å². The summed E-state index contributed by atoms with van der Waals surface area (Å²) < 4.78 is 12.1. The fraction of sp³-hybridized carbons (Fsp3) is 0.455. The molecule has 2 unspecified atom stereocenters. The zero-order valence-corrected chi connectivity index (χ0v) is 9.51. The molecule has 0 saturated heterocycles. The van der Waals surface area contributed by atoms with Crippen molar-refractivity contribution in [2.45, 2.75) is 30.4 Å². The summed E-state index contributed by atoms with van der Waals surface area (Å²) in [4.78, 5) is 0.921. The van der Waals surface area contributed by atoms with Crippen molar-refractivity contribution in [2.24, 2.45) is 5.73 Å². The first-order chi connectivity index (χ1) is 6.70. The Bertz CT molecular complexity index is 321. The minimum Gasteiger partial charge on any atom is -0.329 e. The maximum Gasteiger partial charge on any atom is 0.0576 e. The molecule has 0 heterocycles. The molecule has 1 aromatic carbocycles. The zero-order valence-electron chi connectivity index (χ0n) is 8.69. The van der Waals surface area contributed by atoms with Crippen LogP contribution < -0.4 is 5.73 Å². The Balaban J connectivity index is 2.94.